The summed E-state index contributed by atoms with van der Waals surface area (Å²) in [7, 11) is 0. The fourth-order valence-electron chi connectivity index (χ4n) is 2.61. The molecule has 0 saturated heterocycles. The van der Waals surface area contributed by atoms with Crippen LogP contribution in [0, 0.1) is 0 Å². The Balaban J connectivity index is 1.56. The van der Waals surface area contributed by atoms with Crippen molar-refractivity contribution in [3.63, 3.8) is 0 Å². The first kappa shape index (κ1) is 15.8. The van der Waals surface area contributed by atoms with Gasteiger partial charge in [-0.25, -0.2) is 0 Å². The van der Waals surface area contributed by atoms with Gasteiger partial charge in [0.15, 0.2) is 8.68 Å². The molecule has 0 bridgehead atoms. The number of thioether (sulfide) groups is 2. The fourth-order valence-corrected chi connectivity index (χ4v) is 4.85. The number of fused-ring (bicyclic) bond motifs is 1. The Bertz CT molecular complexity index is 659. The molecule has 1 N–H and O–H groups in total. The zero-order valence-electron chi connectivity index (χ0n) is 12.2. The van der Waals surface area contributed by atoms with Crippen LogP contribution in [-0.2, 0) is 11.2 Å². The van der Waals surface area contributed by atoms with E-state index in [0.29, 0.717) is 5.75 Å². The topological polar surface area (TPSA) is 54.9 Å². The molecule has 0 radical (unpaired) electrons. The molecule has 1 unspecified atom stereocenters. The average Bonchev–Trinajstić information content (AvgIpc) is 3.01. The van der Waals surface area contributed by atoms with E-state index in [0.717, 1.165) is 27.9 Å². The van der Waals surface area contributed by atoms with Crippen LogP contribution in [0.2, 0.25) is 0 Å². The van der Waals surface area contributed by atoms with Gasteiger partial charge in [0.1, 0.15) is 0 Å². The first-order valence-corrected chi connectivity index (χ1v) is 10.2. The molecule has 0 fully saturated rings. The van der Waals surface area contributed by atoms with Crippen LogP contribution in [0.5, 0.6) is 0 Å². The summed E-state index contributed by atoms with van der Waals surface area (Å²) in [6, 6.07) is 8.55. The number of aryl methyl sites for hydroxylation is 1. The van der Waals surface area contributed by atoms with E-state index in [-0.39, 0.29) is 11.9 Å². The summed E-state index contributed by atoms with van der Waals surface area (Å²) in [6.45, 7) is 0. The monoisotopic (exact) mass is 351 g/mol. The number of amides is 1. The van der Waals surface area contributed by atoms with E-state index in [1.807, 2.05) is 12.3 Å². The third kappa shape index (κ3) is 3.83. The van der Waals surface area contributed by atoms with Crippen molar-refractivity contribution in [2.75, 3.05) is 12.0 Å². The second kappa shape index (κ2) is 7.48. The molecule has 1 aliphatic rings. The molecular weight excluding hydrogens is 334 g/mol. The van der Waals surface area contributed by atoms with Crippen LogP contribution in [0.4, 0.5) is 0 Å². The Morgan fingerprint density at radius 2 is 2.18 bits per heavy atom. The van der Waals surface area contributed by atoms with Crippen molar-refractivity contribution in [1.82, 2.24) is 15.5 Å². The number of nitrogens with one attached hydrogen (secondary N) is 1. The highest BCUT2D eigenvalue weighted by atomic mass is 32.2. The lowest BCUT2D eigenvalue weighted by atomic mass is 9.88. The summed E-state index contributed by atoms with van der Waals surface area (Å²) in [4.78, 5) is 12.2. The second-order valence-electron chi connectivity index (χ2n) is 5.04. The van der Waals surface area contributed by atoms with Gasteiger partial charge in [0.2, 0.25) is 5.91 Å². The molecule has 1 atom stereocenters. The van der Waals surface area contributed by atoms with Gasteiger partial charge < -0.3 is 5.32 Å². The first-order chi connectivity index (χ1) is 10.8. The summed E-state index contributed by atoms with van der Waals surface area (Å²) in [5.41, 5.74) is 2.63. The van der Waals surface area contributed by atoms with Gasteiger partial charge in [-0.1, -0.05) is 59.1 Å². The van der Waals surface area contributed by atoms with Crippen molar-refractivity contribution in [2.24, 2.45) is 0 Å². The predicted molar refractivity (Wildman–Crippen MR) is 92.7 cm³/mol. The van der Waals surface area contributed by atoms with Gasteiger partial charge in [-0.2, -0.15) is 0 Å². The van der Waals surface area contributed by atoms with E-state index in [4.69, 9.17) is 0 Å². The SMILES string of the molecule is CSc1nnc(SCC(=O)NC2CCCc3ccccc32)s1. The first-order valence-electron chi connectivity index (χ1n) is 7.13. The second-order valence-corrected chi connectivity index (χ2v) is 8.29. The van der Waals surface area contributed by atoms with Gasteiger partial charge in [0.25, 0.3) is 0 Å². The molecule has 1 aliphatic carbocycles. The Labute approximate surface area is 142 Å². The fraction of sp³-hybridized carbons (Fsp3) is 0.400. The maximum absolute atomic E-state index is 12.2. The highest BCUT2D eigenvalue weighted by Crippen LogP contribution is 2.30. The molecule has 0 saturated carbocycles. The number of carbonyl (C=O) groups is 1. The van der Waals surface area contributed by atoms with Crippen molar-refractivity contribution in [2.45, 2.75) is 34.0 Å². The molecule has 1 aromatic carbocycles. The molecule has 4 nitrogen and oxygen atoms in total. The Morgan fingerprint density at radius 1 is 1.36 bits per heavy atom. The molecule has 22 heavy (non-hydrogen) atoms. The Kier molecular flexibility index (Phi) is 5.38. The lowest BCUT2D eigenvalue weighted by Crippen LogP contribution is -2.32. The highest BCUT2D eigenvalue weighted by Gasteiger charge is 2.21. The summed E-state index contributed by atoms with van der Waals surface area (Å²) in [5.74, 6) is 0.453. The van der Waals surface area contributed by atoms with Gasteiger partial charge in [0.05, 0.1) is 11.8 Å². The van der Waals surface area contributed by atoms with E-state index in [1.54, 1.807) is 11.8 Å². The van der Waals surface area contributed by atoms with Crippen LogP contribution < -0.4 is 5.32 Å². The molecule has 0 aliphatic heterocycles. The van der Waals surface area contributed by atoms with Gasteiger partial charge in [-0.3, -0.25) is 4.79 Å². The van der Waals surface area contributed by atoms with E-state index in [1.165, 1.54) is 34.2 Å². The maximum Gasteiger partial charge on any atom is 0.230 e. The lowest BCUT2D eigenvalue weighted by Gasteiger charge is -2.26. The predicted octanol–water partition coefficient (Wildman–Crippen LogP) is 3.55. The minimum absolute atomic E-state index is 0.0626. The van der Waals surface area contributed by atoms with Crippen LogP contribution in [0.15, 0.2) is 32.9 Å². The van der Waals surface area contributed by atoms with Crippen LogP contribution >= 0.6 is 34.9 Å². The summed E-state index contributed by atoms with van der Waals surface area (Å²) in [5, 5.41) is 11.3. The van der Waals surface area contributed by atoms with Crippen LogP contribution in [0.3, 0.4) is 0 Å². The molecule has 0 spiro atoms. The number of nitrogens with zero attached hydrogens (tertiary/aromatic N) is 2. The van der Waals surface area contributed by atoms with Gasteiger partial charge in [-0.05, 0) is 36.6 Å². The van der Waals surface area contributed by atoms with E-state index < -0.39 is 0 Å². The van der Waals surface area contributed by atoms with Crippen molar-refractivity contribution in [3.8, 4) is 0 Å². The quantitative estimate of drug-likeness (QED) is 0.835. The van der Waals surface area contributed by atoms with Crippen molar-refractivity contribution in [1.29, 1.82) is 0 Å². The average molecular weight is 352 g/mol. The highest BCUT2D eigenvalue weighted by molar-refractivity contribution is 8.03. The maximum atomic E-state index is 12.2. The number of hydrogen-bond donors (Lipinski definition) is 1. The third-order valence-corrected chi connectivity index (χ3v) is 6.63. The van der Waals surface area contributed by atoms with Gasteiger partial charge in [0, 0.05) is 0 Å². The van der Waals surface area contributed by atoms with Crippen molar-refractivity contribution < 1.29 is 4.79 Å². The van der Waals surface area contributed by atoms with E-state index in [9.17, 15) is 4.79 Å². The molecule has 116 valence electrons. The molecule has 7 heteroatoms. The summed E-state index contributed by atoms with van der Waals surface area (Å²) < 4.78 is 1.78. The van der Waals surface area contributed by atoms with Crippen molar-refractivity contribution >= 4 is 40.8 Å². The minimum Gasteiger partial charge on any atom is -0.349 e. The van der Waals surface area contributed by atoms with Gasteiger partial charge >= 0.3 is 0 Å². The van der Waals surface area contributed by atoms with Crippen LogP contribution in [0.25, 0.3) is 0 Å². The molecule has 3 rings (SSSR count). The summed E-state index contributed by atoms with van der Waals surface area (Å²) >= 11 is 4.56. The van der Waals surface area contributed by atoms with Crippen LogP contribution in [-0.4, -0.2) is 28.1 Å². The zero-order chi connectivity index (χ0) is 15.4. The molecular formula is C15H17N3OS3. The molecule has 1 heterocycles. The molecule has 1 aromatic heterocycles. The smallest absolute Gasteiger partial charge is 0.230 e. The summed E-state index contributed by atoms with van der Waals surface area (Å²) in [6.07, 6.45) is 5.23. The Hall–Kier alpha value is -1.05. The third-order valence-electron chi connectivity index (χ3n) is 3.59. The van der Waals surface area contributed by atoms with Gasteiger partial charge in [-0.15, -0.1) is 10.2 Å². The van der Waals surface area contributed by atoms with Crippen molar-refractivity contribution in [3.05, 3.63) is 35.4 Å². The minimum atomic E-state index is 0.0626. The number of carbonyl (C=O) groups excluding carboxylic acids is 1. The molecule has 1 amide bonds. The lowest BCUT2D eigenvalue weighted by molar-refractivity contribution is -0.119. The van der Waals surface area contributed by atoms with E-state index in [2.05, 4.69) is 33.7 Å². The number of hydrogen-bond acceptors (Lipinski definition) is 6. The normalized spacial score (nSPS) is 17.0. The largest absolute Gasteiger partial charge is 0.349 e. The Morgan fingerprint density at radius 3 is 3.00 bits per heavy atom. The molecule has 2 aromatic rings. The van der Waals surface area contributed by atoms with E-state index >= 15 is 0 Å². The number of benzene rings is 1. The van der Waals surface area contributed by atoms with Crippen LogP contribution in [0.1, 0.15) is 30.0 Å². The number of aromatic nitrogens is 2. The zero-order valence-corrected chi connectivity index (χ0v) is 14.7. The standard InChI is InChI=1S/C15H17N3OS3/c1-20-14-17-18-15(22-14)21-9-13(19)16-12-8-4-6-10-5-2-3-7-11(10)12/h2-3,5,7,12H,4,6,8-9H2,1H3,(H,16,19). The number of rotatable bonds is 5.